The second-order valence-electron chi connectivity index (χ2n) is 5.97. The number of hydrogen-bond acceptors (Lipinski definition) is 5. The summed E-state index contributed by atoms with van der Waals surface area (Å²) in [6.07, 6.45) is -3.03. The van der Waals surface area contributed by atoms with E-state index in [9.17, 15) is 13.2 Å². The van der Waals surface area contributed by atoms with Crippen molar-refractivity contribution in [2.45, 2.75) is 19.7 Å². The van der Waals surface area contributed by atoms with Crippen LogP contribution in [0.15, 0.2) is 47.1 Å². The first-order chi connectivity index (χ1) is 13.3. The van der Waals surface area contributed by atoms with E-state index in [1.165, 1.54) is 10.9 Å². The maximum atomic E-state index is 12.8. The third kappa shape index (κ3) is 3.53. The van der Waals surface area contributed by atoms with Gasteiger partial charge in [-0.3, -0.25) is 0 Å². The van der Waals surface area contributed by atoms with Gasteiger partial charge in [-0.15, -0.1) is 0 Å². The first-order valence-electron chi connectivity index (χ1n) is 8.08. The van der Waals surface area contributed by atoms with Gasteiger partial charge in [0, 0.05) is 11.8 Å². The summed E-state index contributed by atoms with van der Waals surface area (Å²) in [5.41, 5.74) is 1.65. The third-order valence-electron chi connectivity index (χ3n) is 3.98. The zero-order valence-electron chi connectivity index (χ0n) is 14.4. The van der Waals surface area contributed by atoms with Crippen LogP contribution in [0, 0.1) is 6.92 Å². The van der Waals surface area contributed by atoms with Crippen LogP contribution in [0.25, 0.3) is 16.8 Å². The maximum Gasteiger partial charge on any atom is 0.435 e. The maximum absolute atomic E-state index is 12.8. The van der Waals surface area contributed by atoms with E-state index in [0.29, 0.717) is 22.5 Å². The smallest absolute Gasteiger partial charge is 0.435 e. The van der Waals surface area contributed by atoms with Gasteiger partial charge in [-0.2, -0.15) is 23.3 Å². The molecular formula is C18H12ClF3N4O2. The van der Waals surface area contributed by atoms with Crippen molar-refractivity contribution in [2.24, 2.45) is 0 Å². The van der Waals surface area contributed by atoms with Crippen LogP contribution in [-0.2, 0) is 12.8 Å². The molecule has 4 aromatic rings. The summed E-state index contributed by atoms with van der Waals surface area (Å²) in [4.78, 5) is 8.02. The zero-order valence-corrected chi connectivity index (χ0v) is 15.1. The number of halogens is 4. The molecule has 4 rings (SSSR count). The molecule has 0 aliphatic heterocycles. The number of ether oxygens (including phenoxy) is 1. The van der Waals surface area contributed by atoms with E-state index >= 15 is 0 Å². The summed E-state index contributed by atoms with van der Waals surface area (Å²) in [7, 11) is 0. The average molecular weight is 409 g/mol. The SMILES string of the molecule is Cc1cc(C(F)(F)F)nn1-c1ccc(COc2nc(Cl)nc3ccoc23)cc1. The Hall–Kier alpha value is -3.07. The van der Waals surface area contributed by atoms with Crippen molar-refractivity contribution in [3.63, 3.8) is 0 Å². The molecule has 0 saturated heterocycles. The van der Waals surface area contributed by atoms with Crippen molar-refractivity contribution < 1.29 is 22.3 Å². The molecule has 6 nitrogen and oxygen atoms in total. The molecule has 144 valence electrons. The number of hydrogen-bond donors (Lipinski definition) is 0. The van der Waals surface area contributed by atoms with Crippen LogP contribution >= 0.6 is 11.6 Å². The van der Waals surface area contributed by atoms with Crippen LogP contribution in [-0.4, -0.2) is 19.7 Å². The summed E-state index contributed by atoms with van der Waals surface area (Å²) in [6.45, 7) is 1.72. The monoisotopic (exact) mass is 408 g/mol. The molecule has 0 spiro atoms. The fourth-order valence-electron chi connectivity index (χ4n) is 2.67. The van der Waals surface area contributed by atoms with E-state index in [0.717, 1.165) is 11.6 Å². The first kappa shape index (κ1) is 18.3. The third-order valence-corrected chi connectivity index (χ3v) is 4.15. The number of rotatable bonds is 4. The van der Waals surface area contributed by atoms with E-state index in [1.807, 2.05) is 0 Å². The highest BCUT2D eigenvalue weighted by Gasteiger charge is 2.34. The second kappa shape index (κ2) is 6.83. The lowest BCUT2D eigenvalue weighted by atomic mass is 10.2. The number of fused-ring (bicyclic) bond motifs is 1. The Bertz CT molecular complexity index is 1140. The van der Waals surface area contributed by atoms with Gasteiger partial charge >= 0.3 is 6.18 Å². The fraction of sp³-hybridized carbons (Fsp3) is 0.167. The minimum absolute atomic E-state index is 0.0360. The van der Waals surface area contributed by atoms with Crippen molar-refractivity contribution in [2.75, 3.05) is 0 Å². The van der Waals surface area contributed by atoms with Gasteiger partial charge in [0.15, 0.2) is 5.69 Å². The minimum Gasteiger partial charge on any atom is -0.470 e. The molecule has 0 bridgehead atoms. The zero-order chi connectivity index (χ0) is 19.9. The molecule has 0 radical (unpaired) electrons. The molecule has 3 aromatic heterocycles. The summed E-state index contributed by atoms with van der Waals surface area (Å²) in [5, 5.41) is 3.66. The Kier molecular flexibility index (Phi) is 4.46. The van der Waals surface area contributed by atoms with Crippen LogP contribution in [0.1, 0.15) is 17.0 Å². The Morgan fingerprint density at radius 2 is 1.89 bits per heavy atom. The highest BCUT2D eigenvalue weighted by Crippen LogP contribution is 2.29. The van der Waals surface area contributed by atoms with Crippen LogP contribution < -0.4 is 4.74 Å². The van der Waals surface area contributed by atoms with Crippen LogP contribution in [0.3, 0.4) is 0 Å². The van der Waals surface area contributed by atoms with Crippen molar-refractivity contribution in [1.29, 1.82) is 0 Å². The molecule has 0 unspecified atom stereocenters. The number of alkyl halides is 3. The Morgan fingerprint density at radius 1 is 1.14 bits per heavy atom. The molecule has 0 amide bonds. The van der Waals surface area contributed by atoms with Gasteiger partial charge in [0.1, 0.15) is 12.1 Å². The molecular weight excluding hydrogens is 397 g/mol. The summed E-state index contributed by atoms with van der Waals surface area (Å²) in [5.74, 6) is 0.210. The highest BCUT2D eigenvalue weighted by atomic mass is 35.5. The van der Waals surface area contributed by atoms with Crippen molar-refractivity contribution in [1.82, 2.24) is 19.7 Å². The lowest BCUT2D eigenvalue weighted by Crippen LogP contribution is -2.07. The van der Waals surface area contributed by atoms with Gasteiger partial charge in [-0.25, -0.2) is 9.67 Å². The number of furan rings is 1. The topological polar surface area (TPSA) is 66.0 Å². The molecule has 3 heterocycles. The van der Waals surface area contributed by atoms with E-state index < -0.39 is 11.9 Å². The normalized spacial score (nSPS) is 11.9. The van der Waals surface area contributed by atoms with Crippen LogP contribution in [0.5, 0.6) is 5.88 Å². The number of aromatic nitrogens is 4. The van der Waals surface area contributed by atoms with E-state index in [1.54, 1.807) is 37.3 Å². The van der Waals surface area contributed by atoms with Gasteiger partial charge in [-0.05, 0) is 42.3 Å². The van der Waals surface area contributed by atoms with Gasteiger partial charge in [0.2, 0.25) is 10.9 Å². The Labute approximate surface area is 161 Å². The molecule has 0 saturated carbocycles. The molecule has 0 aliphatic rings. The number of benzene rings is 1. The van der Waals surface area contributed by atoms with Crippen LogP contribution in [0.4, 0.5) is 13.2 Å². The van der Waals surface area contributed by atoms with E-state index in [2.05, 4.69) is 15.1 Å². The number of aryl methyl sites for hydroxylation is 1. The summed E-state index contributed by atoms with van der Waals surface area (Å²) < 4.78 is 50.7. The molecule has 0 aliphatic carbocycles. The fourth-order valence-corrected chi connectivity index (χ4v) is 2.83. The lowest BCUT2D eigenvalue weighted by Gasteiger charge is -2.08. The largest absolute Gasteiger partial charge is 0.470 e. The summed E-state index contributed by atoms with van der Waals surface area (Å²) in [6, 6.07) is 9.43. The van der Waals surface area contributed by atoms with Crippen molar-refractivity contribution in [3.05, 3.63) is 64.9 Å². The Morgan fingerprint density at radius 3 is 2.57 bits per heavy atom. The minimum atomic E-state index is -4.49. The lowest BCUT2D eigenvalue weighted by molar-refractivity contribution is -0.141. The van der Waals surface area contributed by atoms with Gasteiger partial charge in [0.25, 0.3) is 5.88 Å². The molecule has 0 fully saturated rings. The predicted octanol–water partition coefficient (Wildman–Crippen LogP) is 4.97. The van der Waals surface area contributed by atoms with E-state index in [-0.39, 0.29) is 17.8 Å². The molecule has 28 heavy (non-hydrogen) atoms. The standard InChI is InChI=1S/C18H12ClF3N4O2/c1-10-8-14(18(20,21)22)25-26(10)12-4-2-11(3-5-12)9-28-16-15-13(6-7-27-15)23-17(19)24-16/h2-8H,9H2,1H3. The molecule has 0 atom stereocenters. The molecule has 10 heteroatoms. The van der Waals surface area contributed by atoms with Crippen molar-refractivity contribution in [3.8, 4) is 11.6 Å². The Balaban J connectivity index is 1.52. The van der Waals surface area contributed by atoms with Gasteiger partial charge in [0.05, 0.1) is 12.0 Å². The summed E-state index contributed by atoms with van der Waals surface area (Å²) >= 11 is 5.87. The highest BCUT2D eigenvalue weighted by molar-refractivity contribution is 6.28. The molecule has 1 aromatic carbocycles. The van der Waals surface area contributed by atoms with E-state index in [4.69, 9.17) is 20.8 Å². The van der Waals surface area contributed by atoms with Crippen LogP contribution in [0.2, 0.25) is 5.28 Å². The predicted molar refractivity (Wildman–Crippen MR) is 94.4 cm³/mol. The molecule has 0 N–H and O–H groups in total. The quantitative estimate of drug-likeness (QED) is 0.446. The van der Waals surface area contributed by atoms with Gasteiger partial charge in [-0.1, -0.05) is 12.1 Å². The van der Waals surface area contributed by atoms with Crippen molar-refractivity contribution >= 4 is 22.7 Å². The number of nitrogens with zero attached hydrogens (tertiary/aromatic N) is 4. The first-order valence-corrected chi connectivity index (χ1v) is 8.46. The second-order valence-corrected chi connectivity index (χ2v) is 6.31. The average Bonchev–Trinajstić information content (AvgIpc) is 3.26. The van der Waals surface area contributed by atoms with Gasteiger partial charge < -0.3 is 9.15 Å².